The topological polar surface area (TPSA) is 94.5 Å². The van der Waals surface area contributed by atoms with Gasteiger partial charge in [0.1, 0.15) is 0 Å². The second-order valence-electron chi connectivity index (χ2n) is 4.98. The molecule has 0 spiro atoms. The van der Waals surface area contributed by atoms with E-state index < -0.39 is 6.03 Å². The quantitative estimate of drug-likeness (QED) is 0.833. The zero-order chi connectivity index (χ0) is 17.5. The summed E-state index contributed by atoms with van der Waals surface area (Å²) in [7, 11) is 3.02. The number of nitrogens with one attached hydrogen (secondary N) is 2. The van der Waals surface area contributed by atoms with E-state index in [0.717, 1.165) is 0 Å². The predicted molar refractivity (Wildman–Crippen MR) is 89.8 cm³/mol. The van der Waals surface area contributed by atoms with Gasteiger partial charge in [-0.1, -0.05) is 6.07 Å². The number of benzene rings is 1. The molecular weight excluding hydrogens is 312 g/mol. The summed E-state index contributed by atoms with van der Waals surface area (Å²) in [5, 5.41) is 5.36. The Morgan fingerprint density at radius 3 is 2.75 bits per heavy atom. The number of para-hydroxylation sites is 1. The fourth-order valence-electron chi connectivity index (χ4n) is 2.13. The number of ether oxygens (including phenoxy) is 2. The summed E-state index contributed by atoms with van der Waals surface area (Å²) in [6, 6.07) is 6.22. The van der Waals surface area contributed by atoms with Crippen LogP contribution in [0.25, 0.3) is 0 Å². The van der Waals surface area contributed by atoms with Crippen molar-refractivity contribution in [3.05, 3.63) is 46.6 Å². The summed E-state index contributed by atoms with van der Waals surface area (Å²) >= 11 is 0. The first-order valence-corrected chi connectivity index (χ1v) is 7.34. The van der Waals surface area contributed by atoms with Crippen LogP contribution in [0.2, 0.25) is 0 Å². The van der Waals surface area contributed by atoms with Gasteiger partial charge in [0, 0.05) is 24.8 Å². The highest BCUT2D eigenvalue weighted by Gasteiger charge is 2.11. The molecule has 0 aliphatic heterocycles. The van der Waals surface area contributed by atoms with Crippen molar-refractivity contribution in [2.75, 3.05) is 26.1 Å². The van der Waals surface area contributed by atoms with Gasteiger partial charge >= 0.3 is 6.03 Å². The van der Waals surface area contributed by atoms with Crippen LogP contribution < -0.4 is 25.7 Å². The third-order valence-electron chi connectivity index (χ3n) is 3.31. The third-order valence-corrected chi connectivity index (χ3v) is 3.31. The van der Waals surface area contributed by atoms with E-state index in [1.807, 2.05) is 0 Å². The highest BCUT2D eigenvalue weighted by atomic mass is 16.5. The summed E-state index contributed by atoms with van der Waals surface area (Å²) in [6.07, 6.45) is 1.46. The summed E-state index contributed by atoms with van der Waals surface area (Å²) in [4.78, 5) is 27.8. The van der Waals surface area contributed by atoms with Crippen LogP contribution in [-0.4, -0.2) is 36.3 Å². The number of methoxy groups -OCH3 is 2. The predicted octanol–water partition coefficient (Wildman–Crippen LogP) is 1.39. The first-order chi connectivity index (χ1) is 11.5. The largest absolute Gasteiger partial charge is 0.493 e. The monoisotopic (exact) mass is 332 g/mol. The van der Waals surface area contributed by atoms with Gasteiger partial charge in [0.15, 0.2) is 11.5 Å². The molecule has 0 radical (unpaired) electrons. The average Bonchev–Trinajstić information content (AvgIpc) is 2.56. The lowest BCUT2D eigenvalue weighted by Gasteiger charge is -2.14. The molecule has 2 rings (SSSR count). The number of rotatable bonds is 6. The molecule has 0 aliphatic carbocycles. The maximum Gasteiger partial charge on any atom is 0.319 e. The van der Waals surface area contributed by atoms with E-state index in [0.29, 0.717) is 29.4 Å². The van der Waals surface area contributed by atoms with Crippen LogP contribution in [0.5, 0.6) is 11.5 Å². The average molecular weight is 332 g/mol. The second-order valence-corrected chi connectivity index (χ2v) is 4.98. The zero-order valence-corrected chi connectivity index (χ0v) is 13.8. The van der Waals surface area contributed by atoms with Gasteiger partial charge in [-0.2, -0.15) is 0 Å². The van der Waals surface area contributed by atoms with Crippen LogP contribution in [0.3, 0.4) is 0 Å². The van der Waals surface area contributed by atoms with Crippen LogP contribution in [-0.2, 0) is 6.54 Å². The van der Waals surface area contributed by atoms with Gasteiger partial charge in [0.05, 0.1) is 26.2 Å². The van der Waals surface area contributed by atoms with E-state index in [4.69, 9.17) is 9.47 Å². The summed E-state index contributed by atoms with van der Waals surface area (Å²) in [6.45, 7) is 2.36. The summed E-state index contributed by atoms with van der Waals surface area (Å²) < 4.78 is 11.9. The molecule has 128 valence electrons. The van der Waals surface area contributed by atoms with Gasteiger partial charge in [0.2, 0.25) is 0 Å². The second kappa shape index (κ2) is 8.00. The van der Waals surface area contributed by atoms with E-state index in [1.165, 1.54) is 31.2 Å². The fourth-order valence-corrected chi connectivity index (χ4v) is 2.13. The van der Waals surface area contributed by atoms with Crippen molar-refractivity contribution in [3.63, 3.8) is 0 Å². The molecule has 2 N–H and O–H groups in total. The van der Waals surface area contributed by atoms with Crippen LogP contribution in [0.15, 0.2) is 35.4 Å². The number of urea groups is 1. The molecule has 0 bridgehead atoms. The maximum absolute atomic E-state index is 12.0. The molecule has 0 atom stereocenters. The number of anilines is 1. The molecular formula is C16H20N4O4. The molecule has 0 aliphatic rings. The smallest absolute Gasteiger partial charge is 0.319 e. The lowest BCUT2D eigenvalue weighted by atomic mass is 10.2. The Labute approximate surface area is 139 Å². The Kier molecular flexibility index (Phi) is 5.78. The molecule has 1 heterocycles. The molecule has 8 nitrogen and oxygen atoms in total. The SMILES string of the molecule is COc1cccc(NC(=O)NCCn2cnc(C)cc2=O)c1OC. The van der Waals surface area contributed by atoms with Gasteiger partial charge in [-0.25, -0.2) is 9.78 Å². The number of hydrogen-bond donors (Lipinski definition) is 2. The van der Waals surface area contributed by atoms with Gasteiger partial charge in [-0.3, -0.25) is 9.36 Å². The van der Waals surface area contributed by atoms with Crippen LogP contribution >= 0.6 is 0 Å². The molecule has 1 aromatic carbocycles. The number of carbonyl (C=O) groups excluding carboxylic acids is 1. The molecule has 8 heteroatoms. The third kappa shape index (κ3) is 4.25. The van der Waals surface area contributed by atoms with Crippen molar-refractivity contribution in [1.82, 2.24) is 14.9 Å². The van der Waals surface area contributed by atoms with E-state index in [2.05, 4.69) is 15.6 Å². The maximum atomic E-state index is 12.0. The molecule has 0 fully saturated rings. The normalized spacial score (nSPS) is 10.1. The van der Waals surface area contributed by atoms with Crippen LogP contribution in [0.4, 0.5) is 10.5 Å². The minimum absolute atomic E-state index is 0.154. The van der Waals surface area contributed by atoms with Crippen molar-refractivity contribution in [1.29, 1.82) is 0 Å². The minimum atomic E-state index is -0.408. The Bertz CT molecular complexity index is 773. The number of aromatic nitrogens is 2. The Balaban J connectivity index is 1.93. The van der Waals surface area contributed by atoms with Gasteiger partial charge < -0.3 is 20.1 Å². The van der Waals surface area contributed by atoms with E-state index in [-0.39, 0.29) is 12.1 Å². The number of aryl methyl sites for hydroxylation is 1. The van der Waals surface area contributed by atoms with Crippen molar-refractivity contribution in [2.24, 2.45) is 0 Å². The van der Waals surface area contributed by atoms with Gasteiger partial charge in [-0.15, -0.1) is 0 Å². The fraction of sp³-hybridized carbons (Fsp3) is 0.312. The molecule has 0 unspecified atom stereocenters. The van der Waals surface area contributed by atoms with Crippen molar-refractivity contribution < 1.29 is 14.3 Å². The van der Waals surface area contributed by atoms with Gasteiger partial charge in [-0.05, 0) is 19.1 Å². The molecule has 2 aromatic rings. The molecule has 0 saturated carbocycles. The van der Waals surface area contributed by atoms with Crippen molar-refractivity contribution >= 4 is 11.7 Å². The van der Waals surface area contributed by atoms with Gasteiger partial charge in [0.25, 0.3) is 5.56 Å². The minimum Gasteiger partial charge on any atom is -0.493 e. The molecule has 24 heavy (non-hydrogen) atoms. The highest BCUT2D eigenvalue weighted by molar-refractivity contribution is 5.91. The first-order valence-electron chi connectivity index (χ1n) is 7.34. The zero-order valence-electron chi connectivity index (χ0n) is 13.8. The van der Waals surface area contributed by atoms with Crippen LogP contribution in [0.1, 0.15) is 5.69 Å². The van der Waals surface area contributed by atoms with E-state index in [1.54, 1.807) is 25.1 Å². The van der Waals surface area contributed by atoms with Crippen molar-refractivity contribution in [3.8, 4) is 11.5 Å². The highest BCUT2D eigenvalue weighted by Crippen LogP contribution is 2.34. The Morgan fingerprint density at radius 1 is 1.29 bits per heavy atom. The summed E-state index contributed by atoms with van der Waals surface area (Å²) in [5.41, 5.74) is 0.995. The van der Waals surface area contributed by atoms with E-state index in [9.17, 15) is 9.59 Å². The number of carbonyl (C=O) groups is 1. The van der Waals surface area contributed by atoms with Crippen LogP contribution in [0, 0.1) is 6.92 Å². The first kappa shape index (κ1) is 17.3. The van der Waals surface area contributed by atoms with E-state index >= 15 is 0 Å². The lowest BCUT2D eigenvalue weighted by molar-refractivity contribution is 0.251. The molecule has 2 amide bonds. The number of amides is 2. The lowest BCUT2D eigenvalue weighted by Crippen LogP contribution is -2.33. The number of hydrogen-bond acceptors (Lipinski definition) is 5. The summed E-state index contributed by atoms with van der Waals surface area (Å²) in [5.74, 6) is 0.960. The Morgan fingerprint density at radius 2 is 2.08 bits per heavy atom. The molecule has 0 saturated heterocycles. The van der Waals surface area contributed by atoms with Crippen molar-refractivity contribution in [2.45, 2.75) is 13.5 Å². The molecule has 1 aromatic heterocycles. The number of nitrogens with zero attached hydrogens (tertiary/aromatic N) is 2. The Hall–Kier alpha value is -3.03. The standard InChI is InChI=1S/C16H20N4O4/c1-11-9-14(21)20(10-18-11)8-7-17-16(22)19-12-5-4-6-13(23-2)15(12)24-3/h4-6,9-10H,7-8H2,1-3H3,(H2,17,19,22).